The summed E-state index contributed by atoms with van der Waals surface area (Å²) in [5.41, 5.74) is 1.39. The molecule has 5 N–H and O–H groups in total. The van der Waals surface area contributed by atoms with Crippen LogP contribution < -0.4 is 15.5 Å². The summed E-state index contributed by atoms with van der Waals surface area (Å²) < 4.78 is 18.9. The number of anilines is 1. The summed E-state index contributed by atoms with van der Waals surface area (Å²) in [4.78, 5) is 47.3. The minimum atomic E-state index is -1.95. The largest absolute Gasteiger partial charge is 0.505 e. The highest BCUT2D eigenvalue weighted by Crippen LogP contribution is 2.49. The number of ketones is 1. The topological polar surface area (TPSA) is 185 Å². The summed E-state index contributed by atoms with van der Waals surface area (Å²) in [6, 6.07) is 5.63. The van der Waals surface area contributed by atoms with E-state index in [0.717, 1.165) is 10.3 Å². The van der Waals surface area contributed by atoms with Gasteiger partial charge in [0.05, 0.1) is 62.1 Å². The molecule has 2 aliphatic heterocycles. The highest BCUT2D eigenvalue weighted by molar-refractivity contribution is 7.25. The van der Waals surface area contributed by atoms with E-state index in [4.69, 9.17) is 19.2 Å². The third-order valence-electron chi connectivity index (χ3n) is 11.2. The van der Waals surface area contributed by atoms with Gasteiger partial charge < -0.3 is 40.0 Å². The summed E-state index contributed by atoms with van der Waals surface area (Å²) in [6.45, 7) is 13.3. The number of phenols is 1. The standard InChI is InChI=1S/C42H48N2O10S/c1-18-13-14-25-27(17-18)55-39-31(43-25)28-29-36(48)24(7)38-30(28)40(50)42(8,54-38)53-16-15-26(52-9)21(4)34(46)23(6)35(47)22(5)33(45)19(2)11-10-12-20(3)41(51)44-32(39)37(29)49/h10-17,19,21-23,26,33-35,45-47,49H,1-9H3,(H,44,51)/b11-10+,16-15+,20-12-/t19-,21+,22+,23-,26-,33-,34+,35+,42-/m0/s1. The molecule has 12 nitrogen and oxygen atoms in total. The number of carbonyl (C=O) groups excluding carboxylic acids is 2. The van der Waals surface area contributed by atoms with Crippen molar-refractivity contribution in [1.82, 2.24) is 4.98 Å². The number of rotatable bonds is 1. The Hall–Kier alpha value is -4.66. The van der Waals surface area contributed by atoms with Gasteiger partial charge in [-0.15, -0.1) is 11.3 Å². The Morgan fingerprint density at radius 3 is 2.29 bits per heavy atom. The molecule has 0 fully saturated rings. The average Bonchev–Trinajstić information content (AvgIpc) is 3.42. The van der Waals surface area contributed by atoms with Crippen LogP contribution >= 0.6 is 11.3 Å². The molecule has 0 aliphatic carbocycles. The first-order chi connectivity index (χ1) is 25.9. The summed E-state index contributed by atoms with van der Waals surface area (Å²) in [6.07, 6.45) is 3.76. The van der Waals surface area contributed by atoms with Crippen LogP contribution in [0, 0.1) is 37.5 Å². The fraction of sp³-hybridized carbons (Fsp3) is 0.429. The second-order valence-electron chi connectivity index (χ2n) is 15.1. The molecule has 55 heavy (non-hydrogen) atoms. The van der Waals surface area contributed by atoms with Gasteiger partial charge in [-0.3, -0.25) is 14.4 Å². The number of methoxy groups -OCH3 is 1. The molecule has 1 amide bonds. The number of ether oxygens (including phenoxy) is 3. The SMILES string of the molecule is CO[C@H]1/C=C/O[C@@]2(C)Oc3c(C)c(=O)c4c(O)c(c5sc6cc(C)ccc6nc5c4c3C2=O)NC(=O)/C(C)=C\C=C\[C@H](C)[C@H](O)[C@@H](C)[C@@H](O)[C@@H](C)[C@H](O)[C@@H]1C. The monoisotopic (exact) mass is 772 g/mol. The molecular formula is C42H48N2O10S. The molecule has 3 aromatic carbocycles. The second kappa shape index (κ2) is 15.1. The Morgan fingerprint density at radius 2 is 1.60 bits per heavy atom. The molecule has 13 heteroatoms. The predicted octanol–water partition coefficient (Wildman–Crippen LogP) is 6.20. The maximum absolute atomic E-state index is 14.5. The molecule has 3 heterocycles. The number of Topliss-reactive ketones (excluding diaryl/α,β-unsaturated/α-hetero) is 1. The van der Waals surface area contributed by atoms with Crippen LogP contribution in [-0.4, -0.2) is 74.4 Å². The number of aromatic nitrogens is 1. The molecule has 0 saturated carbocycles. The molecule has 0 saturated heterocycles. The Labute approximate surface area is 322 Å². The Balaban J connectivity index is 1.59. The Morgan fingerprint density at radius 1 is 0.927 bits per heavy atom. The minimum absolute atomic E-state index is 0.00308. The number of carbonyl (C=O) groups is 2. The summed E-state index contributed by atoms with van der Waals surface area (Å²) in [5, 5.41) is 48.4. The van der Waals surface area contributed by atoms with Gasteiger partial charge in [0.1, 0.15) is 11.4 Å². The number of benzene rings is 3. The quantitative estimate of drug-likeness (QED) is 0.0843. The van der Waals surface area contributed by atoms with Crippen LogP contribution in [0.25, 0.3) is 31.2 Å². The highest BCUT2D eigenvalue weighted by atomic mass is 32.1. The molecule has 6 rings (SSSR count). The second-order valence-corrected chi connectivity index (χ2v) is 16.2. The molecule has 0 radical (unpaired) electrons. The van der Waals surface area contributed by atoms with Crippen molar-refractivity contribution < 1.29 is 44.2 Å². The number of amides is 1. The van der Waals surface area contributed by atoms with Crippen molar-refractivity contribution in [2.75, 3.05) is 12.4 Å². The Kier molecular flexibility index (Phi) is 11.0. The van der Waals surface area contributed by atoms with E-state index in [-0.39, 0.29) is 44.4 Å². The van der Waals surface area contributed by atoms with Crippen molar-refractivity contribution >= 4 is 59.9 Å². The van der Waals surface area contributed by atoms with Gasteiger partial charge in [-0.1, -0.05) is 52.0 Å². The maximum Gasteiger partial charge on any atom is 0.312 e. The lowest BCUT2D eigenvalue weighted by atomic mass is 9.78. The smallest absolute Gasteiger partial charge is 0.312 e. The van der Waals surface area contributed by atoms with Crippen molar-refractivity contribution in [3.05, 3.63) is 81.3 Å². The number of aromatic hydroxyl groups is 1. The van der Waals surface area contributed by atoms with Crippen LogP contribution in [-0.2, 0) is 14.3 Å². The lowest BCUT2D eigenvalue weighted by molar-refractivity contribution is -0.112. The van der Waals surface area contributed by atoms with Crippen molar-refractivity contribution in [2.24, 2.45) is 23.7 Å². The van der Waals surface area contributed by atoms with Crippen molar-refractivity contribution in [3.63, 3.8) is 0 Å². The van der Waals surface area contributed by atoms with E-state index in [2.05, 4.69) is 5.32 Å². The first kappa shape index (κ1) is 40.0. The molecule has 2 aliphatic rings. The number of hydrogen-bond donors (Lipinski definition) is 5. The molecule has 4 aromatic rings. The van der Waals surface area contributed by atoms with E-state index in [1.165, 1.54) is 44.6 Å². The lowest BCUT2D eigenvalue weighted by Crippen LogP contribution is -2.44. The number of fused-ring (bicyclic) bond motifs is 2. The molecule has 1 aromatic heterocycles. The van der Waals surface area contributed by atoms with E-state index < -0.39 is 76.7 Å². The number of hydrogen-bond acceptors (Lipinski definition) is 12. The van der Waals surface area contributed by atoms with E-state index >= 15 is 0 Å². The molecule has 0 spiro atoms. The van der Waals surface area contributed by atoms with E-state index in [1.807, 2.05) is 25.1 Å². The fourth-order valence-electron chi connectivity index (χ4n) is 7.52. The van der Waals surface area contributed by atoms with Crippen molar-refractivity contribution in [3.8, 4) is 11.5 Å². The number of nitrogens with one attached hydrogen (secondary N) is 1. The first-order valence-corrected chi connectivity index (χ1v) is 19.1. The molecule has 4 bridgehead atoms. The van der Waals surface area contributed by atoms with Gasteiger partial charge in [0, 0.05) is 54.2 Å². The van der Waals surface area contributed by atoms with Gasteiger partial charge in [0.25, 0.3) is 11.7 Å². The third kappa shape index (κ3) is 6.93. The average molecular weight is 773 g/mol. The lowest BCUT2D eigenvalue weighted by Gasteiger charge is -2.36. The molecule has 292 valence electrons. The summed E-state index contributed by atoms with van der Waals surface area (Å²) in [5.74, 6) is -6.03. The highest BCUT2D eigenvalue weighted by Gasteiger charge is 2.49. The maximum atomic E-state index is 14.5. The van der Waals surface area contributed by atoms with Crippen molar-refractivity contribution in [1.29, 1.82) is 0 Å². The van der Waals surface area contributed by atoms with Crippen LogP contribution in [0.2, 0.25) is 0 Å². The zero-order valence-electron chi connectivity index (χ0n) is 32.3. The van der Waals surface area contributed by atoms with Crippen LogP contribution in [0.15, 0.2) is 59.1 Å². The van der Waals surface area contributed by atoms with Gasteiger partial charge in [0.2, 0.25) is 0 Å². The van der Waals surface area contributed by atoms with Gasteiger partial charge in [0.15, 0.2) is 11.2 Å². The first-order valence-electron chi connectivity index (χ1n) is 18.3. The molecule has 0 unspecified atom stereocenters. The van der Waals surface area contributed by atoms with Gasteiger partial charge in [-0.2, -0.15) is 0 Å². The minimum Gasteiger partial charge on any atom is -0.505 e. The zero-order chi connectivity index (χ0) is 40.3. The van der Waals surface area contributed by atoms with E-state index in [9.17, 15) is 34.8 Å². The predicted molar refractivity (Wildman–Crippen MR) is 213 cm³/mol. The van der Waals surface area contributed by atoms with E-state index in [1.54, 1.807) is 52.8 Å². The zero-order valence-corrected chi connectivity index (χ0v) is 33.1. The van der Waals surface area contributed by atoms with Crippen LogP contribution in [0.4, 0.5) is 5.69 Å². The summed E-state index contributed by atoms with van der Waals surface area (Å²) >= 11 is 1.24. The number of aliphatic hydroxyl groups excluding tert-OH is 3. The number of aryl methyl sites for hydroxylation is 1. The number of aliphatic hydroxyl groups is 3. The van der Waals surface area contributed by atoms with Crippen LogP contribution in [0.1, 0.15) is 63.0 Å². The summed E-state index contributed by atoms with van der Waals surface area (Å²) in [7, 11) is 1.46. The fourth-order valence-corrected chi connectivity index (χ4v) is 8.70. The van der Waals surface area contributed by atoms with Crippen molar-refractivity contribution in [2.45, 2.75) is 85.6 Å². The van der Waals surface area contributed by atoms with Gasteiger partial charge in [-0.05, 0) is 44.5 Å². The Bertz CT molecular complexity index is 2370. The third-order valence-corrected chi connectivity index (χ3v) is 12.4. The van der Waals surface area contributed by atoms with Gasteiger partial charge in [-0.25, -0.2) is 4.98 Å². The van der Waals surface area contributed by atoms with E-state index in [0.29, 0.717) is 10.2 Å². The number of phenolic OH excluding ortho intramolecular Hbond substituents is 1. The normalized spacial score (nSPS) is 31.6. The number of allylic oxidation sites excluding steroid dienone is 2. The van der Waals surface area contributed by atoms with Crippen LogP contribution in [0.5, 0.6) is 11.5 Å². The van der Waals surface area contributed by atoms with Gasteiger partial charge >= 0.3 is 5.79 Å². The molecule has 9 atom stereocenters. The number of nitrogens with zero attached hydrogens (tertiary/aromatic N) is 1. The van der Waals surface area contributed by atoms with Crippen LogP contribution in [0.3, 0.4) is 0 Å². The molecular weight excluding hydrogens is 725 g/mol.